The van der Waals surface area contributed by atoms with E-state index in [1.807, 2.05) is 0 Å². The molecule has 4 nitrogen and oxygen atoms in total. The second-order valence-corrected chi connectivity index (χ2v) is 5.85. The topological polar surface area (TPSA) is 61.5 Å². The number of halogens is 4. The molecule has 114 valence electrons. The molecule has 0 spiro atoms. The van der Waals surface area contributed by atoms with Gasteiger partial charge in [-0.3, -0.25) is 4.57 Å². The highest BCUT2D eigenvalue weighted by Crippen LogP contribution is 2.59. The lowest BCUT2D eigenvalue weighted by Gasteiger charge is -2.24. The van der Waals surface area contributed by atoms with Crippen molar-refractivity contribution in [1.29, 1.82) is 0 Å². The molecular weight excluding hydrogens is 301 g/mol. The summed E-state index contributed by atoms with van der Waals surface area (Å²) in [5, 5.41) is 0. The molecule has 1 atom stereocenters. The fourth-order valence-electron chi connectivity index (χ4n) is 1.57. The summed E-state index contributed by atoms with van der Waals surface area (Å²) >= 11 is 0. The lowest BCUT2D eigenvalue weighted by molar-refractivity contribution is 0.211. The maximum atomic E-state index is 13.6. The lowest BCUT2D eigenvalue weighted by atomic mass is 10.2. The van der Waals surface area contributed by atoms with Crippen molar-refractivity contribution in [1.82, 2.24) is 0 Å². The van der Waals surface area contributed by atoms with Crippen LogP contribution in [0.1, 0.15) is 25.2 Å². The summed E-state index contributed by atoms with van der Waals surface area (Å²) in [6.45, 7) is 2.67. The monoisotopic (exact) mass is 315 g/mol. The summed E-state index contributed by atoms with van der Waals surface area (Å²) in [4.78, 5) is 0. The Morgan fingerprint density at radius 2 is 1.50 bits per heavy atom. The fourth-order valence-corrected chi connectivity index (χ4v) is 3.23. The third-order valence-corrected chi connectivity index (χ3v) is 4.58. The second-order valence-electron chi connectivity index (χ2n) is 3.70. The van der Waals surface area contributed by atoms with Gasteiger partial charge in [-0.15, -0.1) is 0 Å². The summed E-state index contributed by atoms with van der Waals surface area (Å²) in [6, 6.07) is 0.0349. The summed E-state index contributed by atoms with van der Waals surface area (Å²) in [7, 11) is -4.16. The van der Waals surface area contributed by atoms with E-state index in [1.54, 1.807) is 0 Å². The van der Waals surface area contributed by atoms with Crippen molar-refractivity contribution in [3.8, 4) is 0 Å². The van der Waals surface area contributed by atoms with Crippen LogP contribution in [0.3, 0.4) is 0 Å². The predicted molar refractivity (Wildman–Crippen MR) is 64.1 cm³/mol. The Morgan fingerprint density at radius 1 is 1.10 bits per heavy atom. The third-order valence-electron chi connectivity index (χ3n) is 2.40. The van der Waals surface area contributed by atoms with E-state index in [-0.39, 0.29) is 19.3 Å². The van der Waals surface area contributed by atoms with E-state index in [4.69, 9.17) is 14.8 Å². The molecule has 0 aromatic heterocycles. The minimum Gasteiger partial charge on any atom is -0.314 e. The van der Waals surface area contributed by atoms with Crippen LogP contribution < -0.4 is 5.73 Å². The molecule has 0 saturated heterocycles. The normalized spacial score (nSPS) is 13.6. The van der Waals surface area contributed by atoms with Crippen molar-refractivity contribution in [2.75, 3.05) is 13.2 Å². The van der Waals surface area contributed by atoms with Gasteiger partial charge in [0.1, 0.15) is 5.78 Å². The zero-order valence-electron chi connectivity index (χ0n) is 10.8. The van der Waals surface area contributed by atoms with Crippen molar-refractivity contribution in [3.05, 3.63) is 34.9 Å². The molecule has 0 saturated carbocycles. The molecule has 0 aliphatic carbocycles. The Morgan fingerprint density at radius 3 is 1.85 bits per heavy atom. The average Bonchev–Trinajstić information content (AvgIpc) is 2.37. The highest BCUT2D eigenvalue weighted by Gasteiger charge is 2.39. The maximum Gasteiger partial charge on any atom is 0.351 e. The van der Waals surface area contributed by atoms with Crippen LogP contribution >= 0.6 is 7.60 Å². The first-order valence-electron chi connectivity index (χ1n) is 5.75. The van der Waals surface area contributed by atoms with Crippen molar-refractivity contribution < 1.29 is 31.2 Å². The van der Waals surface area contributed by atoms with E-state index >= 15 is 0 Å². The molecule has 0 radical (unpaired) electrons. The average molecular weight is 315 g/mol. The number of hydrogen-bond acceptors (Lipinski definition) is 4. The van der Waals surface area contributed by atoms with Crippen molar-refractivity contribution in [2.24, 2.45) is 5.73 Å². The van der Waals surface area contributed by atoms with E-state index < -0.39 is 42.2 Å². The van der Waals surface area contributed by atoms with Gasteiger partial charge in [-0.2, -0.15) is 0 Å². The summed E-state index contributed by atoms with van der Waals surface area (Å²) in [5.41, 5.74) is 4.26. The van der Waals surface area contributed by atoms with Crippen LogP contribution in [-0.2, 0) is 13.6 Å². The molecule has 0 fully saturated rings. The zero-order valence-corrected chi connectivity index (χ0v) is 11.7. The minimum absolute atomic E-state index is 0.0349. The molecule has 1 aromatic carbocycles. The fraction of sp³-hybridized carbons (Fsp3) is 0.455. The van der Waals surface area contributed by atoms with Crippen molar-refractivity contribution >= 4 is 7.60 Å². The van der Waals surface area contributed by atoms with Gasteiger partial charge < -0.3 is 14.8 Å². The highest BCUT2D eigenvalue weighted by molar-refractivity contribution is 7.54. The van der Waals surface area contributed by atoms with Gasteiger partial charge in [0.05, 0.1) is 18.8 Å². The van der Waals surface area contributed by atoms with Gasteiger partial charge in [0, 0.05) is 6.07 Å². The van der Waals surface area contributed by atoms with Gasteiger partial charge in [0.15, 0.2) is 23.3 Å². The number of benzene rings is 1. The smallest absolute Gasteiger partial charge is 0.314 e. The summed E-state index contributed by atoms with van der Waals surface area (Å²) < 4.78 is 75.4. The SMILES string of the molecule is CCOP(=O)(OCC)[C@@H](N)c1c(F)c(F)cc(F)c1F. The molecule has 1 aromatic rings. The van der Waals surface area contributed by atoms with Crippen LogP contribution in [0.15, 0.2) is 6.07 Å². The van der Waals surface area contributed by atoms with Gasteiger partial charge in [-0.1, -0.05) is 0 Å². The first-order chi connectivity index (χ1) is 9.28. The lowest BCUT2D eigenvalue weighted by Crippen LogP contribution is -2.19. The van der Waals surface area contributed by atoms with Crippen molar-refractivity contribution in [2.45, 2.75) is 19.6 Å². The van der Waals surface area contributed by atoms with E-state index in [9.17, 15) is 22.1 Å². The second kappa shape index (κ2) is 6.67. The Kier molecular flexibility index (Phi) is 5.70. The Balaban J connectivity index is 3.39. The zero-order chi connectivity index (χ0) is 15.5. The number of nitrogens with two attached hydrogens (primary N) is 1. The summed E-state index contributed by atoms with van der Waals surface area (Å²) in [5.74, 6) is -8.72. The van der Waals surface area contributed by atoms with Gasteiger partial charge >= 0.3 is 7.60 Å². The largest absolute Gasteiger partial charge is 0.351 e. The van der Waals surface area contributed by atoms with E-state index in [0.717, 1.165) is 0 Å². The molecule has 0 amide bonds. The number of rotatable bonds is 6. The first-order valence-corrected chi connectivity index (χ1v) is 7.36. The third kappa shape index (κ3) is 3.20. The predicted octanol–water partition coefficient (Wildman–Crippen LogP) is 3.47. The molecule has 0 aliphatic rings. The number of hydrogen-bond donors (Lipinski definition) is 1. The summed E-state index contributed by atoms with van der Waals surface area (Å²) in [6.07, 6.45) is 0. The molecule has 9 heteroatoms. The molecule has 0 bridgehead atoms. The molecule has 0 aliphatic heterocycles. The molecule has 2 N–H and O–H groups in total. The van der Waals surface area contributed by atoms with Crippen LogP contribution in [0, 0.1) is 23.3 Å². The Hall–Kier alpha value is -0.950. The maximum absolute atomic E-state index is 13.6. The molecule has 0 heterocycles. The van der Waals surface area contributed by atoms with E-state index in [0.29, 0.717) is 0 Å². The highest BCUT2D eigenvalue weighted by atomic mass is 31.2. The van der Waals surface area contributed by atoms with Crippen molar-refractivity contribution in [3.63, 3.8) is 0 Å². The van der Waals surface area contributed by atoms with Gasteiger partial charge in [0.25, 0.3) is 0 Å². The molecule has 1 rings (SSSR count). The molecule has 20 heavy (non-hydrogen) atoms. The Bertz CT molecular complexity index is 505. The van der Waals surface area contributed by atoms with Crippen LogP contribution in [0.5, 0.6) is 0 Å². The van der Waals surface area contributed by atoms with Crippen LogP contribution in [0.2, 0.25) is 0 Å². The van der Waals surface area contributed by atoms with Crippen LogP contribution in [0.4, 0.5) is 17.6 Å². The van der Waals surface area contributed by atoms with Gasteiger partial charge in [0.2, 0.25) is 0 Å². The van der Waals surface area contributed by atoms with Gasteiger partial charge in [-0.05, 0) is 13.8 Å². The van der Waals surface area contributed by atoms with E-state index in [1.165, 1.54) is 13.8 Å². The standard InChI is InChI=1S/C11H14F4NO3P/c1-3-18-20(17,19-4-2)11(16)8-9(14)6(12)5-7(13)10(8)15/h5,11H,3-4,16H2,1-2H3/t11-/m1/s1. The minimum atomic E-state index is -4.16. The molecule has 0 unspecified atom stereocenters. The van der Waals surface area contributed by atoms with Crippen LogP contribution in [-0.4, -0.2) is 13.2 Å². The van der Waals surface area contributed by atoms with Crippen LogP contribution in [0.25, 0.3) is 0 Å². The molecular formula is C11H14F4NO3P. The Labute approximate surface area is 113 Å². The van der Waals surface area contributed by atoms with E-state index in [2.05, 4.69) is 0 Å². The quantitative estimate of drug-likeness (QED) is 0.496. The first kappa shape index (κ1) is 17.1. The van der Waals surface area contributed by atoms with Gasteiger partial charge in [-0.25, -0.2) is 17.6 Å².